The zero-order valence-electron chi connectivity index (χ0n) is 18.8. The summed E-state index contributed by atoms with van der Waals surface area (Å²) in [6.45, 7) is -0.259. The molecule has 2 amide bonds. The van der Waals surface area contributed by atoms with Crippen molar-refractivity contribution in [2.24, 2.45) is 0 Å². The van der Waals surface area contributed by atoms with Crippen LogP contribution in [0.1, 0.15) is 48.0 Å². The highest BCUT2D eigenvalue weighted by Crippen LogP contribution is 2.17. The highest BCUT2D eigenvalue weighted by molar-refractivity contribution is 5.96. The molecule has 2 N–H and O–H groups in total. The second-order valence-corrected chi connectivity index (χ2v) is 7.98. The van der Waals surface area contributed by atoms with Gasteiger partial charge in [0, 0.05) is 12.1 Å². The molecular formula is C26H30N2O5. The third kappa shape index (κ3) is 7.79. The van der Waals surface area contributed by atoms with Crippen molar-refractivity contribution in [1.82, 2.24) is 10.6 Å². The van der Waals surface area contributed by atoms with Crippen molar-refractivity contribution in [3.05, 3.63) is 71.8 Å². The average molecular weight is 451 g/mol. The Morgan fingerprint density at radius 1 is 1.03 bits per heavy atom. The fourth-order valence-corrected chi connectivity index (χ4v) is 3.69. The molecular weight excluding hydrogens is 420 g/mol. The molecule has 0 aromatic heterocycles. The lowest BCUT2D eigenvalue weighted by atomic mass is 9.95. The summed E-state index contributed by atoms with van der Waals surface area (Å²) in [7, 11) is 1.57. The molecule has 0 heterocycles. The minimum absolute atomic E-state index is 0.0720. The number of nitrogens with one attached hydrogen (secondary N) is 2. The van der Waals surface area contributed by atoms with Crippen molar-refractivity contribution in [2.45, 2.75) is 44.2 Å². The van der Waals surface area contributed by atoms with Gasteiger partial charge in [-0.2, -0.15) is 0 Å². The van der Waals surface area contributed by atoms with Gasteiger partial charge in [-0.1, -0.05) is 49.6 Å². The van der Waals surface area contributed by atoms with Gasteiger partial charge in [0.25, 0.3) is 0 Å². The number of rotatable bonds is 9. The number of hydrogen-bond donors (Lipinski definition) is 2. The molecule has 1 fully saturated rings. The Labute approximate surface area is 194 Å². The van der Waals surface area contributed by atoms with Crippen LogP contribution in [0.5, 0.6) is 5.75 Å². The quantitative estimate of drug-likeness (QED) is 0.451. The Bertz CT molecular complexity index is 968. The SMILES string of the molecule is COc1cccc(/C=C/C(=O)N[C@H](COC(=O)c2ccccc2)C(=O)NC2CCCCC2)c1. The Kier molecular flexibility index (Phi) is 9.06. The Hall–Kier alpha value is -3.61. The first kappa shape index (κ1) is 24.0. The summed E-state index contributed by atoms with van der Waals surface area (Å²) in [5.74, 6) is -0.689. The monoisotopic (exact) mass is 450 g/mol. The number of methoxy groups -OCH3 is 1. The van der Waals surface area contributed by atoms with E-state index in [0.29, 0.717) is 11.3 Å². The number of carbonyl (C=O) groups excluding carboxylic acids is 3. The first-order valence-corrected chi connectivity index (χ1v) is 11.2. The first-order chi connectivity index (χ1) is 16.0. The fourth-order valence-electron chi connectivity index (χ4n) is 3.69. The molecule has 0 bridgehead atoms. The summed E-state index contributed by atoms with van der Waals surface area (Å²) in [5.41, 5.74) is 1.16. The van der Waals surface area contributed by atoms with Crippen LogP contribution >= 0.6 is 0 Å². The summed E-state index contributed by atoms with van der Waals surface area (Å²) >= 11 is 0. The molecule has 33 heavy (non-hydrogen) atoms. The van der Waals surface area contributed by atoms with E-state index in [1.807, 2.05) is 18.2 Å². The van der Waals surface area contributed by atoms with Crippen LogP contribution in [0.25, 0.3) is 6.08 Å². The van der Waals surface area contributed by atoms with Crippen molar-refractivity contribution < 1.29 is 23.9 Å². The summed E-state index contributed by atoms with van der Waals surface area (Å²) in [6.07, 6.45) is 8.08. The van der Waals surface area contributed by atoms with E-state index in [0.717, 1.165) is 37.7 Å². The van der Waals surface area contributed by atoms with Gasteiger partial charge in [0.15, 0.2) is 0 Å². The maximum atomic E-state index is 12.9. The van der Waals surface area contributed by atoms with E-state index in [-0.39, 0.29) is 18.6 Å². The topological polar surface area (TPSA) is 93.7 Å². The minimum atomic E-state index is -0.998. The number of benzene rings is 2. The maximum absolute atomic E-state index is 12.9. The molecule has 0 spiro atoms. The van der Waals surface area contributed by atoms with E-state index in [1.54, 1.807) is 49.6 Å². The van der Waals surface area contributed by atoms with E-state index >= 15 is 0 Å². The second kappa shape index (κ2) is 12.4. The number of amides is 2. The van der Waals surface area contributed by atoms with Crippen LogP contribution in [0.2, 0.25) is 0 Å². The number of carbonyl (C=O) groups is 3. The Morgan fingerprint density at radius 3 is 2.52 bits per heavy atom. The van der Waals surface area contributed by atoms with Gasteiger partial charge in [0.2, 0.25) is 11.8 Å². The molecule has 2 aromatic carbocycles. The zero-order chi connectivity index (χ0) is 23.5. The van der Waals surface area contributed by atoms with Gasteiger partial charge in [0.05, 0.1) is 12.7 Å². The van der Waals surface area contributed by atoms with Crippen molar-refractivity contribution in [3.8, 4) is 5.75 Å². The summed E-state index contributed by atoms with van der Waals surface area (Å²) in [5, 5.41) is 5.66. The highest BCUT2D eigenvalue weighted by Gasteiger charge is 2.25. The van der Waals surface area contributed by atoms with Crippen LogP contribution in [0.4, 0.5) is 0 Å². The fraction of sp³-hybridized carbons (Fsp3) is 0.346. The predicted molar refractivity (Wildman–Crippen MR) is 126 cm³/mol. The van der Waals surface area contributed by atoms with Crippen LogP contribution < -0.4 is 15.4 Å². The standard InChI is InChI=1S/C26H30N2O5/c1-32-22-14-8-9-19(17-22)15-16-24(29)28-23(25(30)27-21-12-6-3-7-13-21)18-33-26(31)20-10-4-2-5-11-20/h2,4-5,8-11,14-17,21,23H,3,6-7,12-13,18H2,1H3,(H,27,30)(H,28,29)/b16-15+/t23-/m1/s1. The molecule has 2 aromatic rings. The number of ether oxygens (including phenoxy) is 2. The highest BCUT2D eigenvalue weighted by atomic mass is 16.5. The summed E-state index contributed by atoms with van der Waals surface area (Å²) < 4.78 is 10.5. The molecule has 7 nitrogen and oxygen atoms in total. The van der Waals surface area contributed by atoms with Crippen LogP contribution in [0, 0.1) is 0 Å². The second-order valence-electron chi connectivity index (χ2n) is 7.98. The molecule has 0 saturated heterocycles. The molecule has 1 aliphatic carbocycles. The van der Waals surface area contributed by atoms with Crippen LogP contribution in [-0.2, 0) is 14.3 Å². The summed E-state index contributed by atoms with van der Waals surface area (Å²) in [6, 6.07) is 14.9. The number of esters is 1. The van der Waals surface area contributed by atoms with Crippen molar-refractivity contribution in [1.29, 1.82) is 0 Å². The molecule has 1 atom stereocenters. The van der Waals surface area contributed by atoms with Gasteiger partial charge in [-0.15, -0.1) is 0 Å². The molecule has 1 saturated carbocycles. The van der Waals surface area contributed by atoms with Gasteiger partial charge in [-0.05, 0) is 48.7 Å². The summed E-state index contributed by atoms with van der Waals surface area (Å²) in [4.78, 5) is 37.8. The van der Waals surface area contributed by atoms with Crippen LogP contribution in [-0.4, -0.2) is 43.6 Å². The van der Waals surface area contributed by atoms with Gasteiger partial charge in [-0.25, -0.2) is 4.79 Å². The lowest BCUT2D eigenvalue weighted by Gasteiger charge is -2.25. The molecule has 7 heteroatoms. The predicted octanol–water partition coefficient (Wildman–Crippen LogP) is 3.50. The third-order valence-electron chi connectivity index (χ3n) is 5.50. The molecule has 0 radical (unpaired) electrons. The van der Waals surface area contributed by atoms with Gasteiger partial charge >= 0.3 is 5.97 Å². The van der Waals surface area contributed by atoms with Crippen molar-refractivity contribution in [2.75, 3.05) is 13.7 Å². The number of hydrogen-bond acceptors (Lipinski definition) is 5. The normalized spacial score (nSPS) is 14.9. The minimum Gasteiger partial charge on any atom is -0.497 e. The maximum Gasteiger partial charge on any atom is 0.338 e. The van der Waals surface area contributed by atoms with E-state index in [2.05, 4.69) is 10.6 Å². The largest absolute Gasteiger partial charge is 0.497 e. The van der Waals surface area contributed by atoms with Gasteiger partial charge in [0.1, 0.15) is 18.4 Å². The van der Waals surface area contributed by atoms with Crippen LogP contribution in [0.15, 0.2) is 60.7 Å². The van der Waals surface area contributed by atoms with E-state index < -0.39 is 17.9 Å². The molecule has 3 rings (SSSR count). The average Bonchev–Trinajstić information content (AvgIpc) is 2.86. The van der Waals surface area contributed by atoms with Gasteiger partial charge in [-0.3, -0.25) is 9.59 Å². The molecule has 1 aliphatic rings. The van der Waals surface area contributed by atoms with E-state index in [4.69, 9.17) is 9.47 Å². The Morgan fingerprint density at radius 2 is 1.79 bits per heavy atom. The lowest BCUT2D eigenvalue weighted by molar-refractivity contribution is -0.128. The van der Waals surface area contributed by atoms with Gasteiger partial charge < -0.3 is 20.1 Å². The van der Waals surface area contributed by atoms with E-state index in [9.17, 15) is 14.4 Å². The molecule has 0 unspecified atom stereocenters. The van der Waals surface area contributed by atoms with Crippen LogP contribution in [0.3, 0.4) is 0 Å². The molecule has 0 aliphatic heterocycles. The third-order valence-corrected chi connectivity index (χ3v) is 5.50. The van der Waals surface area contributed by atoms with Crippen molar-refractivity contribution in [3.63, 3.8) is 0 Å². The van der Waals surface area contributed by atoms with Crippen molar-refractivity contribution >= 4 is 23.9 Å². The smallest absolute Gasteiger partial charge is 0.338 e. The molecule has 174 valence electrons. The first-order valence-electron chi connectivity index (χ1n) is 11.2. The van der Waals surface area contributed by atoms with E-state index in [1.165, 1.54) is 6.08 Å². The lowest BCUT2D eigenvalue weighted by Crippen LogP contribution is -2.52. The zero-order valence-corrected chi connectivity index (χ0v) is 18.8. The Balaban J connectivity index is 1.64.